The predicted octanol–water partition coefficient (Wildman–Crippen LogP) is 4.50. The van der Waals surface area contributed by atoms with E-state index < -0.39 is 5.54 Å². The molecule has 1 unspecified atom stereocenters. The van der Waals surface area contributed by atoms with Crippen LogP contribution in [-0.4, -0.2) is 46.3 Å². The summed E-state index contributed by atoms with van der Waals surface area (Å²) < 4.78 is 13.2. The van der Waals surface area contributed by atoms with Crippen LogP contribution in [0, 0.1) is 5.82 Å². The number of likely N-dealkylation sites (tertiary alicyclic amines) is 2. The van der Waals surface area contributed by atoms with Gasteiger partial charge in [0.15, 0.2) is 0 Å². The van der Waals surface area contributed by atoms with Crippen molar-refractivity contribution in [2.75, 3.05) is 13.1 Å². The number of hydrogen-bond acceptors (Lipinski definition) is 2. The van der Waals surface area contributed by atoms with Crippen LogP contribution in [0.3, 0.4) is 0 Å². The third-order valence-corrected chi connectivity index (χ3v) is 6.29. The highest BCUT2D eigenvalue weighted by atomic mass is 19.1. The number of amides is 2. The topological polar surface area (TPSA) is 40.6 Å². The summed E-state index contributed by atoms with van der Waals surface area (Å²) in [4.78, 5) is 30.6. The van der Waals surface area contributed by atoms with Crippen LogP contribution in [0.5, 0.6) is 0 Å². The van der Waals surface area contributed by atoms with Crippen molar-refractivity contribution in [1.82, 2.24) is 9.80 Å². The summed E-state index contributed by atoms with van der Waals surface area (Å²) in [7, 11) is 0. The minimum atomic E-state index is -0.703. The highest BCUT2D eigenvalue weighted by Crippen LogP contribution is 2.40. The molecule has 2 aromatic carbocycles. The van der Waals surface area contributed by atoms with Crippen molar-refractivity contribution in [3.8, 4) is 11.1 Å². The van der Waals surface area contributed by atoms with E-state index in [0.29, 0.717) is 12.1 Å². The second kappa shape index (κ2) is 7.62. The van der Waals surface area contributed by atoms with Crippen LogP contribution < -0.4 is 0 Å². The normalized spacial score (nSPS) is 22.0. The van der Waals surface area contributed by atoms with E-state index in [4.69, 9.17) is 0 Å². The predicted molar refractivity (Wildman–Crippen MR) is 111 cm³/mol. The second-order valence-corrected chi connectivity index (χ2v) is 8.38. The maximum Gasteiger partial charge on any atom is 0.254 e. The minimum absolute atomic E-state index is 0.0922. The molecule has 5 heteroatoms. The third kappa shape index (κ3) is 3.43. The van der Waals surface area contributed by atoms with E-state index in [9.17, 15) is 14.0 Å². The molecule has 152 valence electrons. The summed E-state index contributed by atoms with van der Waals surface area (Å²) in [5, 5.41) is 0. The molecule has 2 aliphatic rings. The molecule has 0 radical (unpaired) electrons. The lowest BCUT2D eigenvalue weighted by Gasteiger charge is -2.46. The average molecular weight is 394 g/mol. The molecule has 4 nitrogen and oxygen atoms in total. The lowest BCUT2D eigenvalue weighted by atomic mass is 9.84. The summed E-state index contributed by atoms with van der Waals surface area (Å²) in [6.45, 7) is 5.44. The molecule has 1 atom stereocenters. The van der Waals surface area contributed by atoms with E-state index in [-0.39, 0.29) is 23.7 Å². The molecule has 1 spiro atoms. The van der Waals surface area contributed by atoms with Gasteiger partial charge in [-0.3, -0.25) is 9.59 Å². The van der Waals surface area contributed by atoms with Crippen molar-refractivity contribution in [3.63, 3.8) is 0 Å². The Morgan fingerprint density at radius 2 is 1.69 bits per heavy atom. The molecule has 0 saturated carbocycles. The molecule has 2 aromatic rings. The van der Waals surface area contributed by atoms with Gasteiger partial charge in [0.25, 0.3) is 5.91 Å². The fourth-order valence-corrected chi connectivity index (χ4v) is 4.80. The van der Waals surface area contributed by atoms with Gasteiger partial charge < -0.3 is 9.80 Å². The third-order valence-electron chi connectivity index (χ3n) is 6.29. The first kappa shape index (κ1) is 19.6. The summed E-state index contributed by atoms with van der Waals surface area (Å²) >= 11 is 0. The first-order valence-corrected chi connectivity index (χ1v) is 10.4. The van der Waals surface area contributed by atoms with E-state index in [1.54, 1.807) is 18.2 Å². The first-order valence-electron chi connectivity index (χ1n) is 10.4. The molecule has 29 heavy (non-hydrogen) atoms. The number of carbonyl (C=O) groups is 2. The average Bonchev–Trinajstić information content (AvgIpc) is 3.14. The molecule has 0 N–H and O–H groups in total. The van der Waals surface area contributed by atoms with Crippen LogP contribution in [0.15, 0.2) is 48.5 Å². The molecule has 2 heterocycles. The van der Waals surface area contributed by atoms with Gasteiger partial charge in [-0.15, -0.1) is 0 Å². The molecule has 2 amide bonds. The van der Waals surface area contributed by atoms with Crippen molar-refractivity contribution < 1.29 is 14.0 Å². The number of nitrogens with zero attached hydrogens (tertiary/aromatic N) is 2. The molecule has 4 rings (SSSR count). The summed E-state index contributed by atoms with van der Waals surface area (Å²) in [5.41, 5.74) is 1.59. The van der Waals surface area contributed by atoms with Crippen LogP contribution in [0.4, 0.5) is 4.39 Å². The van der Waals surface area contributed by atoms with Gasteiger partial charge in [-0.25, -0.2) is 4.39 Å². The Balaban J connectivity index is 1.65. The van der Waals surface area contributed by atoms with Crippen molar-refractivity contribution in [2.45, 2.75) is 51.1 Å². The van der Waals surface area contributed by atoms with Gasteiger partial charge in [0.2, 0.25) is 5.91 Å². The molecule has 2 saturated heterocycles. The zero-order chi connectivity index (χ0) is 20.6. The number of halogens is 1. The van der Waals surface area contributed by atoms with Gasteiger partial charge in [0.1, 0.15) is 11.4 Å². The van der Waals surface area contributed by atoms with E-state index >= 15 is 0 Å². The molecular formula is C24H27FN2O2. The molecule has 0 aromatic heterocycles. The van der Waals surface area contributed by atoms with E-state index in [1.807, 2.05) is 41.8 Å². The summed E-state index contributed by atoms with van der Waals surface area (Å²) in [6.07, 6.45) is 3.24. The van der Waals surface area contributed by atoms with Crippen LogP contribution >= 0.6 is 0 Å². The molecule has 0 aliphatic carbocycles. The van der Waals surface area contributed by atoms with Crippen LogP contribution in [0.2, 0.25) is 0 Å². The Morgan fingerprint density at radius 1 is 1.00 bits per heavy atom. The SMILES string of the molecule is CC(C)N1CCCC2(CCCN2C(=O)c2cccc(-c3ccc(F)cc3)c2)C1=O. The van der Waals surface area contributed by atoms with Gasteiger partial charge in [-0.2, -0.15) is 0 Å². The van der Waals surface area contributed by atoms with Gasteiger partial charge >= 0.3 is 0 Å². The number of piperidine rings is 1. The fourth-order valence-electron chi connectivity index (χ4n) is 4.80. The Labute approximate surface area is 171 Å². The van der Waals surface area contributed by atoms with Crippen LogP contribution in [0.25, 0.3) is 11.1 Å². The minimum Gasteiger partial charge on any atom is -0.338 e. The van der Waals surface area contributed by atoms with E-state index in [0.717, 1.165) is 43.4 Å². The van der Waals surface area contributed by atoms with Crippen molar-refractivity contribution in [1.29, 1.82) is 0 Å². The zero-order valence-corrected chi connectivity index (χ0v) is 17.0. The molecule has 0 bridgehead atoms. The Bertz CT molecular complexity index is 925. The van der Waals surface area contributed by atoms with Crippen LogP contribution in [0.1, 0.15) is 49.9 Å². The van der Waals surface area contributed by atoms with Crippen LogP contribution in [-0.2, 0) is 4.79 Å². The molecular weight excluding hydrogens is 367 g/mol. The lowest BCUT2D eigenvalue weighted by molar-refractivity contribution is -0.147. The highest BCUT2D eigenvalue weighted by molar-refractivity contribution is 6.00. The number of hydrogen-bond donors (Lipinski definition) is 0. The lowest BCUT2D eigenvalue weighted by Crippen LogP contribution is -2.62. The van der Waals surface area contributed by atoms with Gasteiger partial charge in [0, 0.05) is 24.7 Å². The number of rotatable bonds is 3. The fraction of sp³-hybridized carbons (Fsp3) is 0.417. The quantitative estimate of drug-likeness (QED) is 0.769. The van der Waals surface area contributed by atoms with Gasteiger partial charge in [0.05, 0.1) is 0 Å². The molecule has 2 aliphatic heterocycles. The van der Waals surface area contributed by atoms with Crippen molar-refractivity contribution in [3.05, 3.63) is 59.9 Å². The zero-order valence-electron chi connectivity index (χ0n) is 17.0. The first-order chi connectivity index (χ1) is 13.9. The maximum absolute atomic E-state index is 13.5. The smallest absolute Gasteiger partial charge is 0.254 e. The Morgan fingerprint density at radius 3 is 2.38 bits per heavy atom. The Kier molecular flexibility index (Phi) is 5.15. The van der Waals surface area contributed by atoms with Crippen molar-refractivity contribution in [2.24, 2.45) is 0 Å². The van der Waals surface area contributed by atoms with E-state index in [2.05, 4.69) is 0 Å². The summed E-state index contributed by atoms with van der Waals surface area (Å²) in [5.74, 6) is -0.282. The largest absolute Gasteiger partial charge is 0.338 e. The van der Waals surface area contributed by atoms with Crippen molar-refractivity contribution >= 4 is 11.8 Å². The monoisotopic (exact) mass is 394 g/mol. The maximum atomic E-state index is 13.5. The van der Waals surface area contributed by atoms with Gasteiger partial charge in [-0.1, -0.05) is 24.3 Å². The van der Waals surface area contributed by atoms with Gasteiger partial charge in [-0.05, 0) is 74.9 Å². The number of carbonyl (C=O) groups excluding carboxylic acids is 2. The van der Waals surface area contributed by atoms with E-state index in [1.165, 1.54) is 12.1 Å². The molecule has 2 fully saturated rings. The standard InChI is InChI=1S/C24H27FN2O2/c1-17(2)26-14-4-12-24(23(26)29)13-5-15-27(24)22(28)20-7-3-6-19(16-20)18-8-10-21(25)11-9-18/h3,6-11,16-17H,4-5,12-15H2,1-2H3. The number of benzene rings is 2. The second-order valence-electron chi connectivity index (χ2n) is 8.38. The summed E-state index contributed by atoms with van der Waals surface area (Å²) in [6, 6.07) is 13.8. The Hall–Kier alpha value is -2.69. The highest BCUT2D eigenvalue weighted by Gasteiger charge is 2.53.